The van der Waals surface area contributed by atoms with Crippen molar-refractivity contribution in [2.75, 3.05) is 0 Å². The third kappa shape index (κ3) is 2.51. The Bertz CT molecular complexity index is 852. The summed E-state index contributed by atoms with van der Waals surface area (Å²) in [5, 5.41) is 1.61. The third-order valence-electron chi connectivity index (χ3n) is 5.04. The zero-order chi connectivity index (χ0) is 16.2. The van der Waals surface area contributed by atoms with E-state index in [0.29, 0.717) is 3.63 Å². The van der Waals surface area contributed by atoms with Gasteiger partial charge in [0.05, 0.1) is 0 Å². The summed E-state index contributed by atoms with van der Waals surface area (Å²) in [7, 11) is -1.21. The van der Waals surface area contributed by atoms with E-state index in [-0.39, 0.29) is 0 Å². The average Bonchev–Trinajstić information content (AvgIpc) is 3.12. The number of allylic oxidation sites excluding steroid dienone is 4. The van der Waals surface area contributed by atoms with Gasteiger partial charge in [0.1, 0.15) is 0 Å². The Kier molecular flexibility index (Phi) is 3.74. The number of benzene rings is 2. The molecule has 0 saturated carbocycles. The van der Waals surface area contributed by atoms with Crippen LogP contribution in [-0.4, -0.2) is 8.07 Å². The minimum atomic E-state index is -1.21. The van der Waals surface area contributed by atoms with Crippen LogP contribution in [-0.2, 0) is 24.7 Å². The van der Waals surface area contributed by atoms with E-state index in [1.54, 1.807) is 35.5 Å². The maximum absolute atomic E-state index is 2.49. The topological polar surface area (TPSA) is 0 Å². The molecule has 0 spiro atoms. The van der Waals surface area contributed by atoms with E-state index in [1.807, 2.05) is 0 Å². The molecule has 0 heterocycles. The summed E-state index contributed by atoms with van der Waals surface area (Å²) >= 11 is 1.59. The molecule has 113 valence electrons. The van der Waals surface area contributed by atoms with Crippen LogP contribution in [0, 0.1) is 0 Å². The van der Waals surface area contributed by atoms with Crippen LogP contribution >= 0.6 is 0 Å². The second-order valence-electron chi connectivity index (χ2n) is 7.57. The van der Waals surface area contributed by atoms with Crippen molar-refractivity contribution in [2.45, 2.75) is 29.7 Å². The first-order valence-electron chi connectivity index (χ1n) is 8.32. The van der Waals surface area contributed by atoms with Crippen LogP contribution in [0.15, 0.2) is 59.8 Å². The van der Waals surface area contributed by atoms with Crippen LogP contribution in [0.4, 0.5) is 0 Å². The van der Waals surface area contributed by atoms with Gasteiger partial charge in [-0.1, -0.05) is 0 Å². The first-order chi connectivity index (χ1) is 11.0. The Balaban J connectivity index is 1.84. The molecule has 2 aliphatic carbocycles. The molecular formula is C21H21SiZr. The second-order valence-corrected chi connectivity index (χ2v) is 14.1. The van der Waals surface area contributed by atoms with Crippen molar-refractivity contribution in [1.82, 2.24) is 0 Å². The van der Waals surface area contributed by atoms with Crippen molar-refractivity contribution in [3.63, 3.8) is 0 Å². The molecule has 0 bridgehead atoms. The number of rotatable bonds is 2. The van der Waals surface area contributed by atoms with Gasteiger partial charge in [-0.3, -0.25) is 0 Å². The van der Waals surface area contributed by atoms with Crippen molar-refractivity contribution in [3.8, 4) is 11.1 Å². The predicted octanol–water partition coefficient (Wildman–Crippen LogP) is 5.89. The fourth-order valence-corrected chi connectivity index (χ4v) is 6.48. The van der Waals surface area contributed by atoms with Gasteiger partial charge in [-0.2, -0.15) is 0 Å². The quantitative estimate of drug-likeness (QED) is 0.559. The Morgan fingerprint density at radius 2 is 1.61 bits per heavy atom. The molecule has 1 atom stereocenters. The van der Waals surface area contributed by atoms with E-state index < -0.39 is 8.07 Å². The summed E-state index contributed by atoms with van der Waals surface area (Å²) in [6, 6.07) is 15.8. The predicted molar refractivity (Wildman–Crippen MR) is 97.7 cm³/mol. The van der Waals surface area contributed by atoms with E-state index in [0.717, 1.165) is 6.42 Å². The molecule has 2 aliphatic rings. The fourth-order valence-electron chi connectivity index (χ4n) is 3.78. The minimum absolute atomic E-state index is 0.585. The molecule has 0 fully saturated rings. The first-order valence-corrected chi connectivity index (χ1v) is 13.2. The number of hydrogen-bond acceptors (Lipinski definition) is 0. The normalized spacial score (nSPS) is 19.1. The standard InChI is InChI=1S/C21H21Si.Zr/c1-22(2,3)17-12-11-16(13-17)19-9-6-10-20-18-8-5-4-7-15(18)14-21(19)20;/h4-10,12-14H,11H2,1-3H3;. The summed E-state index contributed by atoms with van der Waals surface area (Å²) in [5.74, 6) is 0. The second kappa shape index (κ2) is 5.53. The summed E-state index contributed by atoms with van der Waals surface area (Å²) in [5.41, 5.74) is 9.02. The molecule has 2 aromatic rings. The third-order valence-corrected chi connectivity index (χ3v) is 8.59. The molecule has 0 amide bonds. The van der Waals surface area contributed by atoms with Gasteiger partial charge in [0, 0.05) is 0 Å². The van der Waals surface area contributed by atoms with Gasteiger partial charge in [-0.05, 0) is 0 Å². The molecule has 0 N–H and O–H groups in total. The Labute approximate surface area is 155 Å². The van der Waals surface area contributed by atoms with E-state index in [9.17, 15) is 0 Å². The van der Waals surface area contributed by atoms with Gasteiger partial charge >= 0.3 is 156 Å². The molecular weight excluding hydrogens is 372 g/mol. The van der Waals surface area contributed by atoms with Gasteiger partial charge in [-0.25, -0.2) is 0 Å². The van der Waals surface area contributed by atoms with Crippen molar-refractivity contribution in [2.24, 2.45) is 0 Å². The molecule has 1 unspecified atom stereocenters. The van der Waals surface area contributed by atoms with Crippen LogP contribution in [0.2, 0.25) is 19.6 Å². The molecule has 0 nitrogen and oxygen atoms in total. The molecule has 23 heavy (non-hydrogen) atoms. The van der Waals surface area contributed by atoms with Crippen molar-refractivity contribution in [1.29, 1.82) is 0 Å². The summed E-state index contributed by atoms with van der Waals surface area (Å²) < 4.78 is 0.585. The Morgan fingerprint density at radius 1 is 0.913 bits per heavy atom. The Hall–Kier alpha value is -0.980. The van der Waals surface area contributed by atoms with Crippen molar-refractivity contribution >= 4 is 13.6 Å². The molecule has 2 heteroatoms. The van der Waals surface area contributed by atoms with Gasteiger partial charge in [0.25, 0.3) is 0 Å². The molecule has 2 aromatic carbocycles. The zero-order valence-electron chi connectivity index (χ0n) is 14.0. The molecule has 4 rings (SSSR count). The van der Waals surface area contributed by atoms with Crippen LogP contribution in [0.3, 0.4) is 0 Å². The average molecular weight is 393 g/mol. The number of hydrogen-bond donors (Lipinski definition) is 0. The van der Waals surface area contributed by atoms with Crippen LogP contribution in [0.25, 0.3) is 16.7 Å². The van der Waals surface area contributed by atoms with Gasteiger partial charge in [-0.15, -0.1) is 0 Å². The fraction of sp³-hybridized carbons (Fsp3) is 0.238. The zero-order valence-corrected chi connectivity index (χ0v) is 17.4. The Morgan fingerprint density at radius 3 is 2.35 bits per heavy atom. The van der Waals surface area contributed by atoms with Crippen LogP contribution < -0.4 is 0 Å². The molecule has 0 aliphatic heterocycles. The van der Waals surface area contributed by atoms with E-state index >= 15 is 0 Å². The SMILES string of the molecule is C[Si](C)(C)C1=CCC(c2cccc3c2[CH]([Zr])c2ccccc2-3)=C1. The van der Waals surface area contributed by atoms with Gasteiger partial charge < -0.3 is 0 Å². The van der Waals surface area contributed by atoms with Crippen LogP contribution in [0.5, 0.6) is 0 Å². The van der Waals surface area contributed by atoms with Crippen molar-refractivity contribution < 1.29 is 24.7 Å². The molecule has 0 aromatic heterocycles. The number of fused-ring (bicyclic) bond motifs is 3. The summed E-state index contributed by atoms with van der Waals surface area (Å²) in [6.45, 7) is 7.32. The monoisotopic (exact) mass is 391 g/mol. The van der Waals surface area contributed by atoms with Gasteiger partial charge in [0.15, 0.2) is 0 Å². The maximum atomic E-state index is 2.49. The molecule has 0 radical (unpaired) electrons. The van der Waals surface area contributed by atoms with Crippen molar-refractivity contribution in [3.05, 3.63) is 76.5 Å². The summed E-state index contributed by atoms with van der Waals surface area (Å²) in [4.78, 5) is 0. The first kappa shape index (κ1) is 15.5. The summed E-state index contributed by atoms with van der Waals surface area (Å²) in [6.07, 6.45) is 6.07. The van der Waals surface area contributed by atoms with E-state index in [1.165, 1.54) is 27.8 Å². The molecule has 0 saturated heterocycles. The van der Waals surface area contributed by atoms with E-state index in [2.05, 4.69) is 74.3 Å². The van der Waals surface area contributed by atoms with Crippen LogP contribution in [0.1, 0.15) is 26.7 Å². The van der Waals surface area contributed by atoms with Gasteiger partial charge in [0.2, 0.25) is 0 Å². The van der Waals surface area contributed by atoms with E-state index in [4.69, 9.17) is 0 Å².